The summed E-state index contributed by atoms with van der Waals surface area (Å²) >= 11 is 0. The summed E-state index contributed by atoms with van der Waals surface area (Å²) in [5.41, 5.74) is 7.17. The van der Waals surface area contributed by atoms with Crippen LogP contribution in [-0.4, -0.2) is 21.0 Å². The minimum absolute atomic E-state index is 0. The maximum Gasteiger partial charge on any atom is 0.244 e. The summed E-state index contributed by atoms with van der Waals surface area (Å²) in [5, 5.41) is 2.93. The average molecular weight is 343 g/mol. The van der Waals surface area contributed by atoms with Crippen molar-refractivity contribution < 1.29 is 4.79 Å². The molecule has 1 aliphatic rings. The molecule has 1 aromatic carbocycles. The lowest BCUT2D eigenvalue weighted by atomic mass is 9.98. The molecule has 120 valence electrons. The lowest BCUT2D eigenvalue weighted by Crippen LogP contribution is -2.48. The summed E-state index contributed by atoms with van der Waals surface area (Å²) in [7, 11) is 0. The molecule has 0 atom stereocenters. The molecule has 2 aromatic rings. The van der Waals surface area contributed by atoms with E-state index in [4.69, 9.17) is 5.73 Å². The summed E-state index contributed by atoms with van der Waals surface area (Å²) in [6.45, 7) is 0. The first-order chi connectivity index (χ1) is 9.67. The van der Waals surface area contributed by atoms with Crippen molar-refractivity contribution in [3.05, 3.63) is 43.0 Å². The Balaban J connectivity index is 0.00000121. The zero-order valence-electron chi connectivity index (χ0n) is 12.1. The molecule has 0 unspecified atom stereocenters. The number of benzene rings is 1. The van der Waals surface area contributed by atoms with Gasteiger partial charge in [0.15, 0.2) is 0 Å². The highest BCUT2D eigenvalue weighted by Gasteiger charge is 2.36. The lowest BCUT2D eigenvalue weighted by molar-refractivity contribution is -0.121. The monoisotopic (exact) mass is 342 g/mol. The van der Waals surface area contributed by atoms with Crippen molar-refractivity contribution in [2.45, 2.75) is 31.2 Å². The molecule has 3 rings (SSSR count). The molecule has 7 heteroatoms. The minimum atomic E-state index is -0.703. The molecule has 0 spiro atoms. The number of nitrogens with two attached hydrogens (primary N) is 1. The van der Waals surface area contributed by atoms with E-state index in [-0.39, 0.29) is 30.7 Å². The zero-order valence-corrected chi connectivity index (χ0v) is 13.7. The Morgan fingerprint density at radius 3 is 2.64 bits per heavy atom. The number of carbonyl (C=O) groups is 1. The molecule has 1 amide bonds. The summed E-state index contributed by atoms with van der Waals surface area (Å²) in [4.78, 5) is 16.3. The number of nitrogens with zero attached hydrogens (tertiary/aromatic N) is 2. The largest absolute Gasteiger partial charge is 0.324 e. The molecule has 1 aromatic heterocycles. The highest BCUT2D eigenvalue weighted by Crippen LogP contribution is 2.28. The molecule has 0 radical (unpaired) electrons. The van der Waals surface area contributed by atoms with Gasteiger partial charge in [0.25, 0.3) is 0 Å². The fourth-order valence-corrected chi connectivity index (χ4v) is 2.64. The molecular weight excluding hydrogens is 323 g/mol. The van der Waals surface area contributed by atoms with Crippen molar-refractivity contribution >= 4 is 36.4 Å². The second kappa shape index (κ2) is 7.63. The Bertz CT molecular complexity index is 610. The number of amides is 1. The molecule has 3 N–H and O–H groups in total. The zero-order chi connectivity index (χ0) is 14.0. The van der Waals surface area contributed by atoms with Gasteiger partial charge in [-0.15, -0.1) is 24.8 Å². The van der Waals surface area contributed by atoms with Gasteiger partial charge in [0.2, 0.25) is 5.91 Å². The molecule has 0 saturated heterocycles. The second-order valence-corrected chi connectivity index (χ2v) is 5.34. The van der Waals surface area contributed by atoms with Gasteiger partial charge in [0, 0.05) is 23.8 Å². The van der Waals surface area contributed by atoms with Crippen LogP contribution in [0.4, 0.5) is 5.69 Å². The highest BCUT2D eigenvalue weighted by molar-refractivity contribution is 5.98. The van der Waals surface area contributed by atoms with E-state index in [9.17, 15) is 4.79 Å². The molecular formula is C15H20Cl2N4O. The number of aromatic nitrogens is 2. The first-order valence-corrected chi connectivity index (χ1v) is 6.86. The Morgan fingerprint density at radius 2 is 2.00 bits per heavy atom. The van der Waals surface area contributed by atoms with Crippen molar-refractivity contribution in [2.24, 2.45) is 5.73 Å². The van der Waals surface area contributed by atoms with Gasteiger partial charge in [-0.2, -0.15) is 0 Å². The Hall–Kier alpha value is -1.56. The Kier molecular flexibility index (Phi) is 6.41. The van der Waals surface area contributed by atoms with E-state index < -0.39 is 5.54 Å². The molecule has 0 bridgehead atoms. The fraction of sp³-hybridized carbons (Fsp3) is 0.333. The van der Waals surface area contributed by atoms with Gasteiger partial charge in [-0.1, -0.05) is 18.9 Å². The SMILES string of the molecule is Cl.Cl.NC1(C(=O)Nc2cccc(-n3ccnc3)c2)CCCC1. The van der Waals surface area contributed by atoms with E-state index in [0.717, 1.165) is 37.1 Å². The van der Waals surface area contributed by atoms with Crippen LogP contribution in [0.3, 0.4) is 0 Å². The molecule has 1 aliphatic carbocycles. The molecule has 1 heterocycles. The lowest BCUT2D eigenvalue weighted by Gasteiger charge is -2.22. The van der Waals surface area contributed by atoms with Crippen LogP contribution < -0.4 is 11.1 Å². The van der Waals surface area contributed by atoms with E-state index in [0.29, 0.717) is 0 Å². The van der Waals surface area contributed by atoms with Crippen LogP contribution in [-0.2, 0) is 4.79 Å². The first-order valence-electron chi connectivity index (χ1n) is 6.86. The predicted octanol–water partition coefficient (Wildman–Crippen LogP) is 2.93. The van der Waals surface area contributed by atoms with Gasteiger partial charge in [0.05, 0.1) is 11.9 Å². The van der Waals surface area contributed by atoms with E-state index in [1.165, 1.54) is 0 Å². The summed E-state index contributed by atoms with van der Waals surface area (Å²) < 4.78 is 1.89. The van der Waals surface area contributed by atoms with Crippen LogP contribution >= 0.6 is 24.8 Å². The summed E-state index contributed by atoms with van der Waals surface area (Å²) in [6.07, 6.45) is 8.89. The maximum atomic E-state index is 12.3. The number of hydrogen-bond donors (Lipinski definition) is 2. The van der Waals surface area contributed by atoms with E-state index >= 15 is 0 Å². The Labute approximate surface area is 142 Å². The summed E-state index contributed by atoms with van der Waals surface area (Å²) in [5.74, 6) is -0.0854. The van der Waals surface area contributed by atoms with Crippen molar-refractivity contribution in [1.29, 1.82) is 0 Å². The van der Waals surface area contributed by atoms with Gasteiger partial charge < -0.3 is 15.6 Å². The van der Waals surface area contributed by atoms with Crippen molar-refractivity contribution in [1.82, 2.24) is 9.55 Å². The molecule has 22 heavy (non-hydrogen) atoms. The van der Waals surface area contributed by atoms with Crippen molar-refractivity contribution in [3.63, 3.8) is 0 Å². The van der Waals surface area contributed by atoms with Crippen LogP contribution in [0, 0.1) is 0 Å². The molecule has 1 fully saturated rings. The van der Waals surface area contributed by atoms with Crippen LogP contribution in [0.2, 0.25) is 0 Å². The molecule has 1 saturated carbocycles. The van der Waals surface area contributed by atoms with Crippen molar-refractivity contribution in [3.8, 4) is 5.69 Å². The third kappa shape index (κ3) is 3.80. The van der Waals surface area contributed by atoms with E-state index in [1.807, 2.05) is 35.0 Å². The smallest absolute Gasteiger partial charge is 0.244 e. The predicted molar refractivity (Wildman–Crippen MR) is 92.1 cm³/mol. The number of rotatable bonds is 3. The van der Waals surface area contributed by atoms with E-state index in [2.05, 4.69) is 10.3 Å². The van der Waals surface area contributed by atoms with Crippen LogP contribution in [0.25, 0.3) is 5.69 Å². The first kappa shape index (κ1) is 18.5. The van der Waals surface area contributed by atoms with Gasteiger partial charge in [-0.05, 0) is 31.0 Å². The van der Waals surface area contributed by atoms with Gasteiger partial charge in [-0.3, -0.25) is 4.79 Å². The fourth-order valence-electron chi connectivity index (χ4n) is 2.64. The second-order valence-electron chi connectivity index (χ2n) is 5.34. The standard InChI is InChI=1S/C15H18N4O.2ClH/c16-15(6-1-2-7-15)14(20)18-12-4-3-5-13(10-12)19-9-8-17-11-19;;/h3-5,8-11H,1-2,6-7,16H2,(H,18,20);2*1H. The number of carbonyl (C=O) groups excluding carboxylic acids is 1. The number of anilines is 1. The third-order valence-electron chi connectivity index (χ3n) is 3.85. The number of imidazole rings is 1. The number of hydrogen-bond acceptors (Lipinski definition) is 3. The number of halogens is 2. The minimum Gasteiger partial charge on any atom is -0.324 e. The molecule has 5 nitrogen and oxygen atoms in total. The quantitative estimate of drug-likeness (QED) is 0.900. The van der Waals surface area contributed by atoms with Crippen LogP contribution in [0.1, 0.15) is 25.7 Å². The molecule has 0 aliphatic heterocycles. The number of nitrogens with one attached hydrogen (secondary N) is 1. The van der Waals surface area contributed by atoms with Crippen molar-refractivity contribution in [2.75, 3.05) is 5.32 Å². The maximum absolute atomic E-state index is 12.3. The van der Waals surface area contributed by atoms with Gasteiger partial charge >= 0.3 is 0 Å². The third-order valence-corrected chi connectivity index (χ3v) is 3.85. The highest BCUT2D eigenvalue weighted by atomic mass is 35.5. The average Bonchev–Trinajstić information content (AvgIpc) is 3.11. The van der Waals surface area contributed by atoms with Gasteiger partial charge in [0.1, 0.15) is 0 Å². The van der Waals surface area contributed by atoms with Gasteiger partial charge in [-0.25, -0.2) is 4.98 Å². The topological polar surface area (TPSA) is 72.9 Å². The van der Waals surface area contributed by atoms with E-state index in [1.54, 1.807) is 12.5 Å². The normalized spacial score (nSPS) is 15.5. The Morgan fingerprint density at radius 1 is 1.27 bits per heavy atom. The van der Waals surface area contributed by atoms with Crippen LogP contribution in [0.15, 0.2) is 43.0 Å². The van der Waals surface area contributed by atoms with Crippen LogP contribution in [0.5, 0.6) is 0 Å². The summed E-state index contributed by atoms with van der Waals surface area (Å²) in [6, 6.07) is 7.66.